The van der Waals surface area contributed by atoms with Gasteiger partial charge in [-0.15, -0.1) is 0 Å². The predicted molar refractivity (Wildman–Crippen MR) is 41.0 cm³/mol. The number of carbonyl (C=O) groups is 1. The van der Waals surface area contributed by atoms with E-state index in [0.717, 1.165) is 0 Å². The smallest absolute Gasteiger partial charge is 0.137 e. The van der Waals surface area contributed by atoms with E-state index >= 15 is 0 Å². The van der Waals surface area contributed by atoms with Gasteiger partial charge in [-0.25, -0.2) is 0 Å². The van der Waals surface area contributed by atoms with E-state index in [-0.39, 0.29) is 11.7 Å². The fourth-order valence-electron chi connectivity index (χ4n) is 0.606. The minimum absolute atomic E-state index is 0.153. The maximum atomic E-state index is 10.9. The molecule has 0 heterocycles. The summed E-state index contributed by atoms with van der Waals surface area (Å²) in [7, 11) is 0. The van der Waals surface area contributed by atoms with E-state index in [1.165, 1.54) is 0 Å². The van der Waals surface area contributed by atoms with E-state index in [2.05, 4.69) is 0 Å². The summed E-state index contributed by atoms with van der Waals surface area (Å²) in [4.78, 5) is 10.9. The Labute approximate surface area is 62.6 Å². The van der Waals surface area contributed by atoms with Crippen molar-refractivity contribution in [2.45, 2.75) is 27.2 Å². The average molecular weight is 144 g/mol. The molecular weight excluding hydrogens is 128 g/mol. The van der Waals surface area contributed by atoms with Crippen molar-refractivity contribution in [3.8, 4) is 0 Å². The summed E-state index contributed by atoms with van der Waals surface area (Å²) in [5.41, 5.74) is 0. The second-order valence-corrected chi connectivity index (χ2v) is 2.57. The number of ketones is 1. The molecule has 0 rings (SSSR count). The van der Waals surface area contributed by atoms with Crippen molar-refractivity contribution in [1.29, 1.82) is 0 Å². The lowest BCUT2D eigenvalue weighted by Crippen LogP contribution is -2.10. The van der Waals surface area contributed by atoms with Gasteiger partial charge in [0.05, 0.1) is 6.61 Å². The van der Waals surface area contributed by atoms with Gasteiger partial charge < -0.3 is 4.74 Å². The summed E-state index contributed by atoms with van der Waals surface area (Å²) in [6, 6.07) is 0. The number of hydrogen-bond donors (Lipinski definition) is 0. The van der Waals surface area contributed by atoms with Crippen LogP contribution in [0.5, 0.6) is 0 Å². The van der Waals surface area contributed by atoms with E-state index in [1.54, 1.807) is 0 Å². The Balaban J connectivity index is 3.22. The van der Waals surface area contributed by atoms with E-state index < -0.39 is 0 Å². The molecule has 0 aliphatic rings. The van der Waals surface area contributed by atoms with Crippen LogP contribution < -0.4 is 0 Å². The quantitative estimate of drug-likeness (QED) is 0.548. The van der Waals surface area contributed by atoms with Gasteiger partial charge in [0.25, 0.3) is 0 Å². The SMILES string of the molecule is CCOCCC(=O)C(C)C. The molecule has 0 N–H and O–H groups in total. The molecule has 0 amide bonds. The van der Waals surface area contributed by atoms with Gasteiger partial charge in [0.1, 0.15) is 5.78 Å². The molecule has 0 aromatic rings. The topological polar surface area (TPSA) is 26.3 Å². The first-order valence-corrected chi connectivity index (χ1v) is 3.79. The molecule has 0 aliphatic heterocycles. The summed E-state index contributed by atoms with van der Waals surface area (Å²) in [6.07, 6.45) is 0.561. The van der Waals surface area contributed by atoms with Gasteiger partial charge in [-0.1, -0.05) is 13.8 Å². The molecule has 0 saturated heterocycles. The summed E-state index contributed by atoms with van der Waals surface area (Å²) in [6.45, 7) is 7.03. The fraction of sp³-hybridized carbons (Fsp3) is 0.875. The highest BCUT2D eigenvalue weighted by molar-refractivity contribution is 5.80. The van der Waals surface area contributed by atoms with Gasteiger partial charge in [-0.05, 0) is 6.92 Å². The standard InChI is InChI=1S/C8H16O2/c1-4-10-6-5-8(9)7(2)3/h7H,4-6H2,1-3H3. The number of hydrogen-bond acceptors (Lipinski definition) is 2. The monoisotopic (exact) mass is 144 g/mol. The zero-order chi connectivity index (χ0) is 7.98. The van der Waals surface area contributed by atoms with Gasteiger partial charge >= 0.3 is 0 Å². The molecule has 60 valence electrons. The third-order valence-corrected chi connectivity index (χ3v) is 1.34. The van der Waals surface area contributed by atoms with Crippen molar-refractivity contribution in [2.24, 2.45) is 5.92 Å². The van der Waals surface area contributed by atoms with Gasteiger partial charge in [0, 0.05) is 18.9 Å². The van der Waals surface area contributed by atoms with Crippen LogP contribution in [0.1, 0.15) is 27.2 Å². The van der Waals surface area contributed by atoms with Crippen molar-refractivity contribution in [1.82, 2.24) is 0 Å². The number of rotatable bonds is 5. The second-order valence-electron chi connectivity index (χ2n) is 2.57. The fourth-order valence-corrected chi connectivity index (χ4v) is 0.606. The highest BCUT2D eigenvalue weighted by Crippen LogP contribution is 1.98. The Morgan fingerprint density at radius 2 is 2.10 bits per heavy atom. The zero-order valence-electron chi connectivity index (χ0n) is 7.02. The molecule has 0 aromatic heterocycles. The highest BCUT2D eigenvalue weighted by atomic mass is 16.5. The molecule has 10 heavy (non-hydrogen) atoms. The molecule has 0 aliphatic carbocycles. The van der Waals surface area contributed by atoms with E-state index in [1.807, 2.05) is 20.8 Å². The normalized spacial score (nSPS) is 10.4. The zero-order valence-corrected chi connectivity index (χ0v) is 7.02. The summed E-state index contributed by atoms with van der Waals surface area (Å²) in [5, 5.41) is 0. The molecule has 2 nitrogen and oxygen atoms in total. The molecule has 0 aromatic carbocycles. The average Bonchev–Trinajstić information content (AvgIpc) is 1.88. The number of Topliss-reactive ketones (excluding diaryl/α,β-unsaturated/α-hetero) is 1. The molecule has 0 fully saturated rings. The Kier molecular flexibility index (Phi) is 5.22. The largest absolute Gasteiger partial charge is 0.381 e. The summed E-state index contributed by atoms with van der Waals surface area (Å²) >= 11 is 0. The van der Waals surface area contributed by atoms with Crippen molar-refractivity contribution in [3.63, 3.8) is 0 Å². The van der Waals surface area contributed by atoms with Crippen LogP contribution in [-0.2, 0) is 9.53 Å². The minimum atomic E-state index is 0.153. The van der Waals surface area contributed by atoms with Gasteiger partial charge in [0.15, 0.2) is 0 Å². The van der Waals surface area contributed by atoms with Gasteiger partial charge in [0.2, 0.25) is 0 Å². The maximum absolute atomic E-state index is 10.9. The first-order chi connectivity index (χ1) is 4.68. The predicted octanol–water partition coefficient (Wildman–Crippen LogP) is 1.64. The van der Waals surface area contributed by atoms with E-state index in [4.69, 9.17) is 4.74 Å². The summed E-state index contributed by atoms with van der Waals surface area (Å²) < 4.78 is 5.03. The molecular formula is C8H16O2. The maximum Gasteiger partial charge on any atom is 0.137 e. The Morgan fingerprint density at radius 3 is 2.50 bits per heavy atom. The van der Waals surface area contributed by atoms with Crippen molar-refractivity contribution < 1.29 is 9.53 Å². The van der Waals surface area contributed by atoms with Crippen LogP contribution >= 0.6 is 0 Å². The molecule has 0 spiro atoms. The highest BCUT2D eigenvalue weighted by Gasteiger charge is 2.05. The second kappa shape index (κ2) is 5.42. The molecule has 2 heteroatoms. The Morgan fingerprint density at radius 1 is 1.50 bits per heavy atom. The van der Waals surface area contributed by atoms with Crippen molar-refractivity contribution in [2.75, 3.05) is 13.2 Å². The van der Waals surface area contributed by atoms with Crippen LogP contribution in [0.4, 0.5) is 0 Å². The third kappa shape index (κ3) is 4.50. The van der Waals surface area contributed by atoms with Crippen LogP contribution in [0.3, 0.4) is 0 Å². The van der Waals surface area contributed by atoms with Crippen molar-refractivity contribution >= 4 is 5.78 Å². The van der Waals surface area contributed by atoms with Gasteiger partial charge in [-0.2, -0.15) is 0 Å². The molecule has 0 unspecified atom stereocenters. The number of carbonyl (C=O) groups excluding carboxylic acids is 1. The van der Waals surface area contributed by atoms with Crippen molar-refractivity contribution in [3.05, 3.63) is 0 Å². The van der Waals surface area contributed by atoms with E-state index in [0.29, 0.717) is 19.6 Å². The van der Waals surface area contributed by atoms with Gasteiger partial charge in [-0.3, -0.25) is 4.79 Å². The molecule has 0 radical (unpaired) electrons. The van der Waals surface area contributed by atoms with Crippen LogP contribution in [0.25, 0.3) is 0 Å². The first kappa shape index (κ1) is 9.63. The van der Waals surface area contributed by atoms with Crippen LogP contribution in [0.15, 0.2) is 0 Å². The number of ether oxygens (including phenoxy) is 1. The van der Waals surface area contributed by atoms with E-state index in [9.17, 15) is 4.79 Å². The van der Waals surface area contributed by atoms with Crippen LogP contribution in [-0.4, -0.2) is 19.0 Å². The lowest BCUT2D eigenvalue weighted by molar-refractivity contribution is -0.122. The molecule has 0 saturated carbocycles. The molecule has 0 bridgehead atoms. The Bertz CT molecular complexity index is 97.4. The van der Waals surface area contributed by atoms with Crippen LogP contribution in [0, 0.1) is 5.92 Å². The van der Waals surface area contributed by atoms with Crippen LogP contribution in [0.2, 0.25) is 0 Å². The first-order valence-electron chi connectivity index (χ1n) is 3.79. The lowest BCUT2D eigenvalue weighted by Gasteiger charge is -2.02. The lowest BCUT2D eigenvalue weighted by atomic mass is 10.1. The summed E-state index contributed by atoms with van der Waals surface area (Å²) in [5.74, 6) is 0.439. The molecule has 0 atom stereocenters. The third-order valence-electron chi connectivity index (χ3n) is 1.34. The minimum Gasteiger partial charge on any atom is -0.381 e. The Hall–Kier alpha value is -0.370.